The second-order valence-electron chi connectivity index (χ2n) is 8.21. The summed E-state index contributed by atoms with van der Waals surface area (Å²) in [6.07, 6.45) is 4.87. The van der Waals surface area contributed by atoms with Crippen LogP contribution in [0.3, 0.4) is 0 Å². The molecule has 33 heavy (non-hydrogen) atoms. The smallest absolute Gasteiger partial charge is 0.307 e. The van der Waals surface area contributed by atoms with Gasteiger partial charge in [0.05, 0.1) is 30.5 Å². The van der Waals surface area contributed by atoms with E-state index < -0.39 is 12.0 Å². The number of methoxy groups -OCH3 is 1. The topological polar surface area (TPSA) is 90.3 Å². The quantitative estimate of drug-likeness (QED) is 0.568. The number of nitrogens with one attached hydrogen (secondary N) is 1. The highest BCUT2D eigenvalue weighted by Crippen LogP contribution is 2.26. The van der Waals surface area contributed by atoms with E-state index in [1.165, 1.54) is 7.11 Å². The van der Waals surface area contributed by atoms with E-state index in [2.05, 4.69) is 5.32 Å². The van der Waals surface area contributed by atoms with Crippen LogP contribution in [-0.4, -0.2) is 28.5 Å². The monoisotopic (exact) mass is 467 g/mol. The van der Waals surface area contributed by atoms with Gasteiger partial charge in [0.25, 0.3) is 11.5 Å². The Kier molecular flexibility index (Phi) is 7.08. The summed E-state index contributed by atoms with van der Waals surface area (Å²) < 4.78 is 6.56. The van der Waals surface area contributed by atoms with Crippen molar-refractivity contribution in [2.45, 2.75) is 51.1 Å². The first-order valence-electron chi connectivity index (χ1n) is 11.1. The molecule has 2 heterocycles. The normalized spacial score (nSPS) is 14.6. The first-order chi connectivity index (χ1) is 16.0. The SMILES string of the molecule is COC(=O)C[C@@H](NC(=O)c1ccc2c(=O)n3c(nc2c1)CCCCCC3)c1ccccc1Cl. The van der Waals surface area contributed by atoms with Crippen LogP contribution in [0.25, 0.3) is 10.9 Å². The molecule has 1 aliphatic rings. The standard InChI is InChI=1S/C25H26ClN3O4/c1-33-23(30)15-21(17-8-5-6-9-19(17)26)28-24(31)16-11-12-18-20(14-16)27-22-10-4-2-3-7-13-29(22)25(18)32/h5-6,8-9,11-12,14,21H,2-4,7,10,13,15H2,1H3,(H,28,31)/t21-/m1/s1. The predicted molar refractivity (Wildman–Crippen MR) is 126 cm³/mol. The van der Waals surface area contributed by atoms with Gasteiger partial charge in [0, 0.05) is 23.6 Å². The highest BCUT2D eigenvalue weighted by Gasteiger charge is 2.22. The second kappa shape index (κ2) is 10.2. The van der Waals surface area contributed by atoms with E-state index in [9.17, 15) is 14.4 Å². The lowest BCUT2D eigenvalue weighted by Crippen LogP contribution is -2.31. The number of fused-ring (bicyclic) bond motifs is 2. The van der Waals surface area contributed by atoms with Crippen molar-refractivity contribution in [2.75, 3.05) is 7.11 Å². The molecule has 0 bridgehead atoms. The largest absolute Gasteiger partial charge is 0.469 e. The summed E-state index contributed by atoms with van der Waals surface area (Å²) in [5.74, 6) is -0.0872. The zero-order valence-corrected chi connectivity index (χ0v) is 19.2. The minimum atomic E-state index is -0.663. The maximum atomic E-state index is 13.1. The molecule has 0 saturated carbocycles. The zero-order valence-electron chi connectivity index (χ0n) is 18.5. The minimum Gasteiger partial charge on any atom is -0.469 e. The number of rotatable bonds is 5. The number of aryl methyl sites for hydroxylation is 1. The maximum absolute atomic E-state index is 13.1. The van der Waals surface area contributed by atoms with E-state index in [1.807, 2.05) is 0 Å². The summed E-state index contributed by atoms with van der Waals surface area (Å²) in [6.45, 7) is 0.673. The third kappa shape index (κ3) is 5.09. The Morgan fingerprint density at radius 1 is 1.15 bits per heavy atom. The number of benzene rings is 2. The Bertz CT molecular complexity index is 1250. The minimum absolute atomic E-state index is 0.0628. The predicted octanol–water partition coefficient (Wildman–Crippen LogP) is 4.20. The zero-order chi connectivity index (χ0) is 23.4. The number of aromatic nitrogens is 2. The fourth-order valence-electron chi connectivity index (χ4n) is 4.22. The van der Waals surface area contributed by atoms with Gasteiger partial charge in [-0.25, -0.2) is 4.98 Å². The van der Waals surface area contributed by atoms with Gasteiger partial charge < -0.3 is 10.1 Å². The van der Waals surface area contributed by atoms with Gasteiger partial charge in [0.15, 0.2) is 0 Å². The van der Waals surface area contributed by atoms with Crippen LogP contribution in [0.4, 0.5) is 0 Å². The summed E-state index contributed by atoms with van der Waals surface area (Å²) in [7, 11) is 1.30. The lowest BCUT2D eigenvalue weighted by Gasteiger charge is -2.20. The average molecular weight is 468 g/mol. The van der Waals surface area contributed by atoms with Crippen molar-refractivity contribution >= 4 is 34.4 Å². The van der Waals surface area contributed by atoms with Gasteiger partial charge in [-0.15, -0.1) is 0 Å². The van der Waals surface area contributed by atoms with Crippen LogP contribution in [0, 0.1) is 0 Å². The Hall–Kier alpha value is -3.19. The van der Waals surface area contributed by atoms with Crippen molar-refractivity contribution in [1.29, 1.82) is 0 Å². The molecule has 3 aromatic rings. The van der Waals surface area contributed by atoms with Crippen LogP contribution in [-0.2, 0) is 22.5 Å². The van der Waals surface area contributed by atoms with Crippen molar-refractivity contribution < 1.29 is 14.3 Å². The fourth-order valence-corrected chi connectivity index (χ4v) is 4.49. The van der Waals surface area contributed by atoms with Crippen molar-refractivity contribution in [3.05, 3.63) is 74.8 Å². The molecule has 0 fully saturated rings. The summed E-state index contributed by atoms with van der Waals surface area (Å²) in [4.78, 5) is 42.8. The summed E-state index contributed by atoms with van der Waals surface area (Å²) in [5.41, 5.74) is 1.41. The first-order valence-corrected chi connectivity index (χ1v) is 11.5. The molecule has 1 atom stereocenters. The van der Waals surface area contributed by atoms with Crippen molar-refractivity contribution in [3.63, 3.8) is 0 Å². The first kappa shape index (κ1) is 23.0. The average Bonchev–Trinajstić information content (AvgIpc) is 2.79. The fraction of sp³-hybridized carbons (Fsp3) is 0.360. The van der Waals surface area contributed by atoms with E-state index in [4.69, 9.17) is 21.3 Å². The third-order valence-corrected chi connectivity index (χ3v) is 6.36. The summed E-state index contributed by atoms with van der Waals surface area (Å²) in [5, 5.41) is 3.82. The van der Waals surface area contributed by atoms with Gasteiger partial charge in [-0.2, -0.15) is 0 Å². The molecule has 4 rings (SSSR count). The van der Waals surface area contributed by atoms with Gasteiger partial charge in [-0.3, -0.25) is 19.0 Å². The molecule has 0 spiro atoms. The van der Waals surface area contributed by atoms with Gasteiger partial charge in [-0.1, -0.05) is 42.6 Å². The number of halogens is 1. The highest BCUT2D eigenvalue weighted by atomic mass is 35.5. The third-order valence-electron chi connectivity index (χ3n) is 6.01. The lowest BCUT2D eigenvalue weighted by molar-refractivity contribution is -0.141. The number of ether oxygens (including phenoxy) is 1. The molecule has 0 aliphatic carbocycles. The second-order valence-corrected chi connectivity index (χ2v) is 8.62. The number of nitrogens with zero attached hydrogens (tertiary/aromatic N) is 2. The van der Waals surface area contributed by atoms with Crippen LogP contribution in [0.5, 0.6) is 0 Å². The molecule has 1 amide bonds. The molecule has 1 N–H and O–H groups in total. The lowest BCUT2D eigenvalue weighted by atomic mass is 10.0. The maximum Gasteiger partial charge on any atom is 0.307 e. The molecule has 1 aromatic heterocycles. The van der Waals surface area contributed by atoms with Crippen molar-refractivity contribution in [2.24, 2.45) is 0 Å². The molecular weight excluding hydrogens is 442 g/mol. The number of esters is 1. The van der Waals surface area contributed by atoms with Crippen molar-refractivity contribution in [1.82, 2.24) is 14.9 Å². The van der Waals surface area contributed by atoms with Crippen molar-refractivity contribution in [3.8, 4) is 0 Å². The highest BCUT2D eigenvalue weighted by molar-refractivity contribution is 6.31. The molecule has 0 saturated heterocycles. The Balaban J connectivity index is 1.66. The Morgan fingerprint density at radius 3 is 2.73 bits per heavy atom. The molecule has 0 unspecified atom stereocenters. The number of amides is 1. The number of hydrogen-bond donors (Lipinski definition) is 1. The van der Waals surface area contributed by atoms with Crippen LogP contribution in [0.2, 0.25) is 5.02 Å². The van der Waals surface area contributed by atoms with Gasteiger partial charge in [0.2, 0.25) is 0 Å². The van der Waals surface area contributed by atoms with Crippen LogP contribution in [0.1, 0.15) is 59.9 Å². The van der Waals surface area contributed by atoms with Crippen LogP contribution < -0.4 is 10.9 Å². The number of carbonyl (C=O) groups is 2. The Morgan fingerprint density at radius 2 is 1.94 bits per heavy atom. The molecule has 8 heteroatoms. The van der Waals surface area contributed by atoms with Crippen LogP contribution >= 0.6 is 11.6 Å². The molecule has 0 radical (unpaired) electrons. The van der Waals surface area contributed by atoms with E-state index in [0.29, 0.717) is 33.6 Å². The Labute approximate surface area is 196 Å². The molecule has 172 valence electrons. The summed E-state index contributed by atoms with van der Waals surface area (Å²) in [6, 6.07) is 11.3. The molecule has 2 aromatic carbocycles. The number of hydrogen-bond acceptors (Lipinski definition) is 5. The van der Waals surface area contributed by atoms with Gasteiger partial charge in [-0.05, 0) is 42.7 Å². The number of carbonyl (C=O) groups excluding carboxylic acids is 2. The van der Waals surface area contributed by atoms with E-state index >= 15 is 0 Å². The molecule has 7 nitrogen and oxygen atoms in total. The molecule has 1 aliphatic heterocycles. The van der Waals surface area contributed by atoms with Gasteiger partial charge >= 0.3 is 5.97 Å². The summed E-state index contributed by atoms with van der Waals surface area (Å²) >= 11 is 6.31. The molecular formula is C25H26ClN3O4. The van der Waals surface area contributed by atoms with E-state index in [0.717, 1.165) is 37.9 Å². The van der Waals surface area contributed by atoms with Crippen LogP contribution in [0.15, 0.2) is 47.3 Å². The van der Waals surface area contributed by atoms with Gasteiger partial charge in [0.1, 0.15) is 5.82 Å². The van der Waals surface area contributed by atoms with E-state index in [-0.39, 0.29) is 17.9 Å². The van der Waals surface area contributed by atoms with E-state index in [1.54, 1.807) is 47.0 Å².